The molecule has 0 bridgehead atoms. The maximum Gasteiger partial charge on any atom is 0.0294 e. The molecular formula is C16H20ClN. The zero-order valence-corrected chi connectivity index (χ0v) is 11.7. The minimum atomic E-state index is 0. The van der Waals surface area contributed by atoms with E-state index < -0.39 is 0 Å². The summed E-state index contributed by atoms with van der Waals surface area (Å²) in [7, 11) is 0. The SMILES string of the molecule is Cc1cccc(CNC(C)c2ccccc2)c1.Cl. The number of rotatable bonds is 4. The van der Waals surface area contributed by atoms with E-state index in [2.05, 4.69) is 73.8 Å². The van der Waals surface area contributed by atoms with Crippen LogP contribution in [0.4, 0.5) is 0 Å². The van der Waals surface area contributed by atoms with Crippen molar-refractivity contribution in [2.75, 3.05) is 0 Å². The molecule has 0 aliphatic rings. The summed E-state index contributed by atoms with van der Waals surface area (Å²) in [5.74, 6) is 0. The van der Waals surface area contributed by atoms with Crippen molar-refractivity contribution in [2.45, 2.75) is 26.4 Å². The highest BCUT2D eigenvalue weighted by Gasteiger charge is 2.03. The molecule has 1 nitrogen and oxygen atoms in total. The highest BCUT2D eigenvalue weighted by molar-refractivity contribution is 5.85. The number of hydrogen-bond donors (Lipinski definition) is 1. The van der Waals surface area contributed by atoms with Crippen LogP contribution in [-0.2, 0) is 6.54 Å². The molecule has 0 aliphatic carbocycles. The Labute approximate surface area is 116 Å². The molecule has 0 saturated carbocycles. The highest BCUT2D eigenvalue weighted by Crippen LogP contribution is 2.12. The van der Waals surface area contributed by atoms with E-state index in [0.717, 1.165) is 6.54 Å². The summed E-state index contributed by atoms with van der Waals surface area (Å²) in [4.78, 5) is 0. The predicted octanol–water partition coefficient (Wildman–Crippen LogP) is 4.27. The van der Waals surface area contributed by atoms with E-state index in [4.69, 9.17) is 0 Å². The van der Waals surface area contributed by atoms with Crippen LogP contribution in [0.2, 0.25) is 0 Å². The third-order valence-electron chi connectivity index (χ3n) is 2.99. The molecule has 2 rings (SSSR count). The molecule has 2 heteroatoms. The Morgan fingerprint density at radius 1 is 1.00 bits per heavy atom. The van der Waals surface area contributed by atoms with Gasteiger partial charge in [-0.3, -0.25) is 0 Å². The molecule has 2 aromatic carbocycles. The van der Waals surface area contributed by atoms with Gasteiger partial charge in [0.05, 0.1) is 0 Å². The van der Waals surface area contributed by atoms with Gasteiger partial charge in [-0.05, 0) is 25.0 Å². The smallest absolute Gasteiger partial charge is 0.0294 e. The predicted molar refractivity (Wildman–Crippen MR) is 80.1 cm³/mol. The van der Waals surface area contributed by atoms with Crippen LogP contribution in [0.15, 0.2) is 54.6 Å². The number of nitrogens with one attached hydrogen (secondary N) is 1. The van der Waals surface area contributed by atoms with Crippen molar-refractivity contribution < 1.29 is 0 Å². The average Bonchev–Trinajstić information content (AvgIpc) is 2.37. The monoisotopic (exact) mass is 261 g/mol. The zero-order chi connectivity index (χ0) is 12.1. The van der Waals surface area contributed by atoms with Crippen LogP contribution in [0.25, 0.3) is 0 Å². The molecule has 18 heavy (non-hydrogen) atoms. The summed E-state index contributed by atoms with van der Waals surface area (Å²) in [5, 5.41) is 3.54. The summed E-state index contributed by atoms with van der Waals surface area (Å²) in [6.45, 7) is 5.24. The van der Waals surface area contributed by atoms with Crippen molar-refractivity contribution in [3.05, 3.63) is 71.3 Å². The molecule has 0 aliphatic heterocycles. The van der Waals surface area contributed by atoms with Gasteiger partial charge in [-0.1, -0.05) is 60.2 Å². The Bertz CT molecular complexity index is 468. The number of halogens is 1. The van der Waals surface area contributed by atoms with Crippen molar-refractivity contribution in [3.63, 3.8) is 0 Å². The molecule has 0 radical (unpaired) electrons. The lowest BCUT2D eigenvalue weighted by Crippen LogP contribution is -2.17. The lowest BCUT2D eigenvalue weighted by molar-refractivity contribution is 0.574. The fourth-order valence-corrected chi connectivity index (χ4v) is 1.95. The van der Waals surface area contributed by atoms with Gasteiger partial charge in [-0.25, -0.2) is 0 Å². The van der Waals surface area contributed by atoms with Gasteiger partial charge in [0.2, 0.25) is 0 Å². The molecule has 0 saturated heterocycles. The quantitative estimate of drug-likeness (QED) is 0.867. The summed E-state index contributed by atoms with van der Waals surface area (Å²) in [6, 6.07) is 19.6. The van der Waals surface area contributed by atoms with Gasteiger partial charge in [0, 0.05) is 12.6 Å². The molecule has 0 spiro atoms. The van der Waals surface area contributed by atoms with E-state index in [1.165, 1.54) is 16.7 Å². The number of benzene rings is 2. The van der Waals surface area contributed by atoms with Gasteiger partial charge < -0.3 is 5.32 Å². The molecular weight excluding hydrogens is 242 g/mol. The summed E-state index contributed by atoms with van der Waals surface area (Å²) >= 11 is 0. The van der Waals surface area contributed by atoms with E-state index in [9.17, 15) is 0 Å². The molecule has 1 N–H and O–H groups in total. The van der Waals surface area contributed by atoms with Gasteiger partial charge in [0.1, 0.15) is 0 Å². The lowest BCUT2D eigenvalue weighted by Gasteiger charge is -2.14. The molecule has 1 atom stereocenters. The highest BCUT2D eigenvalue weighted by atomic mass is 35.5. The topological polar surface area (TPSA) is 12.0 Å². The van der Waals surface area contributed by atoms with Crippen LogP contribution >= 0.6 is 12.4 Å². The summed E-state index contributed by atoms with van der Waals surface area (Å²) in [5.41, 5.74) is 3.99. The van der Waals surface area contributed by atoms with Gasteiger partial charge in [0.25, 0.3) is 0 Å². The third kappa shape index (κ3) is 4.17. The van der Waals surface area contributed by atoms with Crippen molar-refractivity contribution in [1.82, 2.24) is 5.32 Å². The minimum Gasteiger partial charge on any atom is -0.306 e. The largest absolute Gasteiger partial charge is 0.306 e. The molecule has 0 heterocycles. The first-order valence-electron chi connectivity index (χ1n) is 6.09. The second-order valence-electron chi connectivity index (χ2n) is 4.50. The Balaban J connectivity index is 0.00000162. The molecule has 0 aromatic heterocycles. The van der Waals surface area contributed by atoms with E-state index in [-0.39, 0.29) is 12.4 Å². The fourth-order valence-electron chi connectivity index (χ4n) is 1.95. The number of aryl methyl sites for hydroxylation is 1. The standard InChI is InChI=1S/C16H19N.ClH/c1-13-7-6-8-15(11-13)12-17-14(2)16-9-4-3-5-10-16;/h3-11,14,17H,12H2,1-2H3;1H. The first kappa shape index (κ1) is 14.7. The third-order valence-corrected chi connectivity index (χ3v) is 2.99. The minimum absolute atomic E-state index is 0. The van der Waals surface area contributed by atoms with Crippen LogP contribution in [0.5, 0.6) is 0 Å². The summed E-state index contributed by atoms with van der Waals surface area (Å²) < 4.78 is 0. The van der Waals surface area contributed by atoms with Crippen LogP contribution in [0.1, 0.15) is 29.7 Å². The fraction of sp³-hybridized carbons (Fsp3) is 0.250. The Kier molecular flexibility index (Phi) is 5.90. The van der Waals surface area contributed by atoms with Crippen molar-refractivity contribution >= 4 is 12.4 Å². The van der Waals surface area contributed by atoms with Crippen molar-refractivity contribution in [1.29, 1.82) is 0 Å². The second kappa shape index (κ2) is 7.20. The molecule has 0 fully saturated rings. The second-order valence-corrected chi connectivity index (χ2v) is 4.50. The first-order valence-corrected chi connectivity index (χ1v) is 6.09. The first-order chi connectivity index (χ1) is 8.25. The van der Waals surface area contributed by atoms with Gasteiger partial charge in [-0.2, -0.15) is 0 Å². The van der Waals surface area contributed by atoms with Gasteiger partial charge >= 0.3 is 0 Å². The molecule has 1 unspecified atom stereocenters. The van der Waals surface area contributed by atoms with Gasteiger partial charge in [-0.15, -0.1) is 12.4 Å². The van der Waals surface area contributed by atoms with E-state index in [1.54, 1.807) is 0 Å². The molecule has 96 valence electrons. The number of hydrogen-bond acceptors (Lipinski definition) is 1. The van der Waals surface area contributed by atoms with E-state index in [1.807, 2.05) is 0 Å². The van der Waals surface area contributed by atoms with Crippen molar-refractivity contribution in [2.24, 2.45) is 0 Å². The Morgan fingerprint density at radius 3 is 2.39 bits per heavy atom. The maximum atomic E-state index is 3.54. The normalized spacial score (nSPS) is 11.7. The zero-order valence-electron chi connectivity index (χ0n) is 10.9. The van der Waals surface area contributed by atoms with Crippen LogP contribution in [0.3, 0.4) is 0 Å². The lowest BCUT2D eigenvalue weighted by atomic mass is 10.1. The average molecular weight is 262 g/mol. The molecule has 0 amide bonds. The van der Waals surface area contributed by atoms with Crippen LogP contribution in [0, 0.1) is 6.92 Å². The van der Waals surface area contributed by atoms with Crippen LogP contribution < -0.4 is 5.32 Å². The Hall–Kier alpha value is -1.31. The van der Waals surface area contributed by atoms with Crippen molar-refractivity contribution in [3.8, 4) is 0 Å². The van der Waals surface area contributed by atoms with Crippen LogP contribution in [-0.4, -0.2) is 0 Å². The van der Waals surface area contributed by atoms with E-state index >= 15 is 0 Å². The summed E-state index contributed by atoms with van der Waals surface area (Å²) in [6.07, 6.45) is 0. The Morgan fingerprint density at radius 2 is 1.72 bits per heavy atom. The van der Waals surface area contributed by atoms with E-state index in [0.29, 0.717) is 6.04 Å². The maximum absolute atomic E-state index is 3.54. The molecule has 2 aromatic rings. The van der Waals surface area contributed by atoms with Gasteiger partial charge in [0.15, 0.2) is 0 Å².